The van der Waals surface area contributed by atoms with Crippen molar-refractivity contribution < 1.29 is 32.2 Å². The summed E-state index contributed by atoms with van der Waals surface area (Å²) in [5, 5.41) is 2.00. The predicted molar refractivity (Wildman–Crippen MR) is 98.2 cm³/mol. The van der Waals surface area contributed by atoms with E-state index in [1.165, 1.54) is 12.1 Å². The second kappa shape index (κ2) is 8.92. The molecule has 0 aliphatic heterocycles. The number of anilines is 1. The fraction of sp³-hybridized carbons (Fsp3) is 0.0476. The highest BCUT2D eigenvalue weighted by Crippen LogP contribution is 2.22. The number of benzene rings is 3. The van der Waals surface area contributed by atoms with E-state index in [0.717, 1.165) is 6.07 Å². The Morgan fingerprint density at radius 1 is 0.793 bits per heavy atom. The largest absolute Gasteiger partial charge is 0.457 e. The van der Waals surface area contributed by atoms with Gasteiger partial charge >= 0.3 is 5.97 Å². The van der Waals surface area contributed by atoms with E-state index >= 15 is 0 Å². The van der Waals surface area contributed by atoms with Crippen LogP contribution in [0.4, 0.5) is 18.9 Å². The van der Waals surface area contributed by atoms with Crippen LogP contribution in [0.15, 0.2) is 66.7 Å². The molecular weight excluding hydrogens is 387 g/mol. The lowest BCUT2D eigenvalue weighted by molar-refractivity contribution is -0.119. The van der Waals surface area contributed by atoms with Gasteiger partial charge in [0, 0.05) is 0 Å². The van der Waals surface area contributed by atoms with Gasteiger partial charge in [-0.15, -0.1) is 0 Å². The van der Waals surface area contributed by atoms with Crippen LogP contribution in [0.2, 0.25) is 0 Å². The average molecular weight is 401 g/mol. The molecule has 8 heteroatoms. The zero-order valence-corrected chi connectivity index (χ0v) is 14.8. The van der Waals surface area contributed by atoms with Crippen LogP contribution in [-0.2, 0) is 9.53 Å². The smallest absolute Gasteiger partial charge is 0.338 e. The van der Waals surface area contributed by atoms with Gasteiger partial charge in [-0.05, 0) is 48.5 Å². The maximum Gasteiger partial charge on any atom is 0.338 e. The standard InChI is InChI=1S/C21H14F3NO4/c22-16-10-11-17(20(24)19(16)23)25-18(26)12-28-21(27)13-6-8-15(9-7-13)29-14-4-2-1-3-5-14/h1-11H,12H2,(H,25,26). The van der Waals surface area contributed by atoms with Gasteiger partial charge in [0.25, 0.3) is 5.91 Å². The van der Waals surface area contributed by atoms with Crippen molar-refractivity contribution >= 4 is 17.6 Å². The van der Waals surface area contributed by atoms with Crippen LogP contribution in [0.5, 0.6) is 11.5 Å². The molecule has 0 aliphatic rings. The average Bonchev–Trinajstić information content (AvgIpc) is 2.74. The lowest BCUT2D eigenvalue weighted by Gasteiger charge is -2.09. The molecule has 0 spiro atoms. The van der Waals surface area contributed by atoms with Crippen molar-refractivity contribution in [3.63, 3.8) is 0 Å². The maximum atomic E-state index is 13.5. The molecule has 3 aromatic rings. The van der Waals surface area contributed by atoms with Gasteiger partial charge in [0.05, 0.1) is 11.3 Å². The number of hydrogen-bond donors (Lipinski definition) is 1. The summed E-state index contributed by atoms with van der Waals surface area (Å²) >= 11 is 0. The highest BCUT2D eigenvalue weighted by atomic mass is 19.2. The van der Waals surface area contributed by atoms with E-state index in [1.54, 1.807) is 24.3 Å². The molecule has 0 saturated carbocycles. The number of carbonyl (C=O) groups excluding carboxylic acids is 2. The summed E-state index contributed by atoms with van der Waals surface area (Å²) in [6, 6.07) is 16.6. The zero-order valence-electron chi connectivity index (χ0n) is 14.8. The molecule has 1 N–H and O–H groups in total. The van der Waals surface area contributed by atoms with E-state index < -0.39 is 41.6 Å². The summed E-state index contributed by atoms with van der Waals surface area (Å²) in [6.45, 7) is -0.737. The van der Waals surface area contributed by atoms with Crippen LogP contribution in [-0.4, -0.2) is 18.5 Å². The summed E-state index contributed by atoms with van der Waals surface area (Å²) in [7, 11) is 0. The number of para-hydroxylation sites is 1. The third-order valence-electron chi connectivity index (χ3n) is 3.71. The molecule has 0 fully saturated rings. The van der Waals surface area contributed by atoms with Crippen molar-refractivity contribution in [3.05, 3.63) is 89.7 Å². The molecule has 0 bridgehead atoms. The monoisotopic (exact) mass is 401 g/mol. The molecule has 3 aromatic carbocycles. The number of rotatable bonds is 6. The molecule has 1 amide bonds. The van der Waals surface area contributed by atoms with E-state index in [2.05, 4.69) is 0 Å². The van der Waals surface area contributed by atoms with Crippen molar-refractivity contribution in [3.8, 4) is 11.5 Å². The number of halogens is 3. The Bertz CT molecular complexity index is 1020. The number of nitrogens with one attached hydrogen (secondary N) is 1. The first-order valence-corrected chi connectivity index (χ1v) is 8.37. The molecule has 0 aromatic heterocycles. The predicted octanol–water partition coefficient (Wildman–Crippen LogP) is 4.69. The van der Waals surface area contributed by atoms with Gasteiger partial charge in [-0.2, -0.15) is 0 Å². The minimum atomic E-state index is -1.71. The summed E-state index contributed by atoms with van der Waals surface area (Å²) in [5.74, 6) is -5.21. The molecule has 0 radical (unpaired) electrons. The second-order valence-electron chi connectivity index (χ2n) is 5.79. The van der Waals surface area contributed by atoms with E-state index in [4.69, 9.17) is 9.47 Å². The highest BCUT2D eigenvalue weighted by Gasteiger charge is 2.16. The molecule has 0 unspecified atom stereocenters. The lowest BCUT2D eigenvalue weighted by Crippen LogP contribution is -2.21. The normalized spacial score (nSPS) is 10.3. The summed E-state index contributed by atoms with van der Waals surface area (Å²) < 4.78 is 50.0. The van der Waals surface area contributed by atoms with E-state index in [1.807, 2.05) is 23.5 Å². The fourth-order valence-corrected chi connectivity index (χ4v) is 2.31. The number of ether oxygens (including phenoxy) is 2. The minimum Gasteiger partial charge on any atom is -0.457 e. The Kier molecular flexibility index (Phi) is 6.13. The quantitative estimate of drug-likeness (QED) is 0.481. The Labute approximate surface area is 163 Å². The van der Waals surface area contributed by atoms with E-state index in [-0.39, 0.29) is 5.56 Å². The van der Waals surface area contributed by atoms with Gasteiger partial charge in [-0.25, -0.2) is 18.0 Å². The molecule has 0 saturated heterocycles. The van der Waals surface area contributed by atoms with Crippen molar-refractivity contribution in [1.29, 1.82) is 0 Å². The first-order valence-electron chi connectivity index (χ1n) is 8.37. The van der Waals surface area contributed by atoms with Crippen LogP contribution in [0.1, 0.15) is 10.4 Å². The van der Waals surface area contributed by atoms with Gasteiger partial charge in [-0.1, -0.05) is 18.2 Å². The molecule has 3 rings (SSSR count). The van der Waals surface area contributed by atoms with Gasteiger partial charge in [-0.3, -0.25) is 4.79 Å². The van der Waals surface area contributed by atoms with Crippen molar-refractivity contribution in [2.75, 3.05) is 11.9 Å². The number of carbonyl (C=O) groups is 2. The van der Waals surface area contributed by atoms with Crippen LogP contribution in [0.3, 0.4) is 0 Å². The van der Waals surface area contributed by atoms with Crippen molar-refractivity contribution in [1.82, 2.24) is 0 Å². The number of esters is 1. The summed E-state index contributed by atoms with van der Waals surface area (Å²) in [5.41, 5.74) is -0.399. The van der Waals surface area contributed by atoms with Gasteiger partial charge in [0.1, 0.15) is 11.5 Å². The molecule has 0 atom stereocenters. The zero-order chi connectivity index (χ0) is 20.8. The topological polar surface area (TPSA) is 64.6 Å². The third-order valence-corrected chi connectivity index (χ3v) is 3.71. The first kappa shape index (κ1) is 19.9. The van der Waals surface area contributed by atoms with Gasteiger partial charge < -0.3 is 14.8 Å². The maximum absolute atomic E-state index is 13.5. The van der Waals surface area contributed by atoms with Crippen LogP contribution < -0.4 is 10.1 Å². The lowest BCUT2D eigenvalue weighted by atomic mass is 10.2. The summed E-state index contributed by atoms with van der Waals surface area (Å²) in [4.78, 5) is 23.8. The fourth-order valence-electron chi connectivity index (χ4n) is 2.31. The Morgan fingerprint density at radius 3 is 2.14 bits per heavy atom. The van der Waals surface area contributed by atoms with Crippen LogP contribution in [0, 0.1) is 17.5 Å². The molecular formula is C21H14F3NO4. The van der Waals surface area contributed by atoms with E-state index in [0.29, 0.717) is 17.6 Å². The van der Waals surface area contributed by atoms with Crippen molar-refractivity contribution in [2.45, 2.75) is 0 Å². The first-order chi connectivity index (χ1) is 13.9. The Hall–Kier alpha value is -3.81. The van der Waals surface area contributed by atoms with Gasteiger partial charge in [0.2, 0.25) is 0 Å². The number of hydrogen-bond acceptors (Lipinski definition) is 4. The molecule has 5 nitrogen and oxygen atoms in total. The van der Waals surface area contributed by atoms with Gasteiger partial charge in [0.15, 0.2) is 24.1 Å². The van der Waals surface area contributed by atoms with Crippen LogP contribution in [0.25, 0.3) is 0 Å². The van der Waals surface area contributed by atoms with E-state index in [9.17, 15) is 22.8 Å². The van der Waals surface area contributed by atoms with Crippen LogP contribution >= 0.6 is 0 Å². The third kappa shape index (κ3) is 5.13. The SMILES string of the molecule is O=C(COC(=O)c1ccc(Oc2ccccc2)cc1)Nc1ccc(F)c(F)c1F. The number of amides is 1. The molecule has 148 valence electrons. The molecule has 29 heavy (non-hydrogen) atoms. The summed E-state index contributed by atoms with van der Waals surface area (Å²) in [6.07, 6.45) is 0. The minimum absolute atomic E-state index is 0.164. The van der Waals surface area contributed by atoms with Crippen molar-refractivity contribution in [2.24, 2.45) is 0 Å². The highest BCUT2D eigenvalue weighted by molar-refractivity contribution is 5.95. The second-order valence-corrected chi connectivity index (χ2v) is 5.79. The molecule has 0 aliphatic carbocycles. The Balaban J connectivity index is 1.54. The molecule has 0 heterocycles. The Morgan fingerprint density at radius 2 is 1.45 bits per heavy atom.